The summed E-state index contributed by atoms with van der Waals surface area (Å²) in [6, 6.07) is 13.8. The highest BCUT2D eigenvalue weighted by molar-refractivity contribution is 6.11. The van der Waals surface area contributed by atoms with Crippen molar-refractivity contribution >= 4 is 21.5 Å². The van der Waals surface area contributed by atoms with Crippen LogP contribution in [-0.2, 0) is 22.3 Å². The minimum absolute atomic E-state index is 0.314. The first-order valence-electron chi connectivity index (χ1n) is 9.87. The van der Waals surface area contributed by atoms with E-state index in [1.54, 1.807) is 25.3 Å². The summed E-state index contributed by atoms with van der Waals surface area (Å²) in [6.45, 7) is 0. The Bertz CT molecular complexity index is 981. The Morgan fingerprint density at radius 2 is 1.69 bits per heavy atom. The molecule has 2 nitrogen and oxygen atoms in total. The van der Waals surface area contributed by atoms with E-state index >= 15 is 0 Å². The molecule has 0 atom stereocenters. The van der Waals surface area contributed by atoms with Gasteiger partial charge in [-0.15, -0.1) is 0 Å². The maximum Gasteiger partial charge on any atom is 0.183 e. The molecule has 0 amide bonds. The maximum atomic E-state index is 5.63. The van der Waals surface area contributed by atoms with Crippen LogP contribution in [0.1, 0.15) is 60.1 Å². The third kappa shape index (κ3) is 2.47. The zero-order chi connectivity index (χ0) is 17.7. The van der Waals surface area contributed by atoms with Gasteiger partial charge in [-0.3, -0.25) is 0 Å². The molecule has 1 fully saturated rings. The summed E-state index contributed by atoms with van der Waals surface area (Å²) in [4.78, 5) is 0. The zero-order valence-electron chi connectivity index (χ0n) is 15.7. The van der Waals surface area contributed by atoms with Gasteiger partial charge in [0.2, 0.25) is 0 Å². The fraction of sp³-hybridized carbons (Fsp3) is 0.417. The highest BCUT2D eigenvalue weighted by Gasteiger charge is 2.29. The van der Waals surface area contributed by atoms with Crippen LogP contribution in [-0.4, -0.2) is 14.2 Å². The maximum absolute atomic E-state index is 5.63. The van der Waals surface area contributed by atoms with Crippen LogP contribution in [0.2, 0.25) is 0 Å². The van der Waals surface area contributed by atoms with Crippen molar-refractivity contribution in [2.24, 2.45) is 0 Å². The highest BCUT2D eigenvalue weighted by atomic mass is 16.7. The van der Waals surface area contributed by atoms with E-state index in [4.69, 9.17) is 9.47 Å². The Hall–Kier alpha value is -1.90. The van der Waals surface area contributed by atoms with Crippen LogP contribution < -0.4 is 0 Å². The van der Waals surface area contributed by atoms with Crippen LogP contribution in [0.3, 0.4) is 0 Å². The summed E-state index contributed by atoms with van der Waals surface area (Å²) >= 11 is 0. The molecule has 3 aromatic carbocycles. The van der Waals surface area contributed by atoms with Gasteiger partial charge in [0, 0.05) is 19.8 Å². The molecule has 26 heavy (non-hydrogen) atoms. The normalized spacial score (nSPS) is 17.2. The predicted octanol–water partition coefficient (Wildman–Crippen LogP) is 6.04. The van der Waals surface area contributed by atoms with Crippen LogP contribution in [0.4, 0.5) is 0 Å². The van der Waals surface area contributed by atoms with Gasteiger partial charge in [0.1, 0.15) is 0 Å². The van der Waals surface area contributed by atoms with Crippen LogP contribution in [0.25, 0.3) is 21.5 Å². The monoisotopic (exact) mass is 346 g/mol. The number of fused-ring (bicyclic) bond motifs is 5. The molecule has 0 N–H and O–H groups in total. The van der Waals surface area contributed by atoms with Crippen LogP contribution in [0.15, 0.2) is 36.4 Å². The second-order valence-electron chi connectivity index (χ2n) is 7.82. The molecular formula is C24H26O2. The van der Waals surface area contributed by atoms with E-state index in [9.17, 15) is 0 Å². The first kappa shape index (κ1) is 16.3. The lowest BCUT2D eigenvalue weighted by molar-refractivity contribution is -0.105. The number of ether oxygens (including phenoxy) is 2. The Morgan fingerprint density at radius 3 is 2.46 bits per heavy atom. The van der Waals surface area contributed by atoms with E-state index in [-0.39, 0.29) is 6.29 Å². The Balaban J connectivity index is 1.88. The molecule has 3 aromatic rings. The van der Waals surface area contributed by atoms with Gasteiger partial charge in [0.25, 0.3) is 0 Å². The van der Waals surface area contributed by atoms with E-state index < -0.39 is 0 Å². The second-order valence-corrected chi connectivity index (χ2v) is 7.82. The molecule has 2 aliphatic rings. The first-order valence-corrected chi connectivity index (χ1v) is 9.87. The average molecular weight is 346 g/mol. The molecule has 0 aromatic heterocycles. The number of hydrogen-bond donors (Lipinski definition) is 0. The molecule has 0 unspecified atom stereocenters. The van der Waals surface area contributed by atoms with Gasteiger partial charge in [0.15, 0.2) is 6.29 Å². The smallest absolute Gasteiger partial charge is 0.183 e. The van der Waals surface area contributed by atoms with Crippen molar-refractivity contribution in [3.8, 4) is 0 Å². The Kier molecular flexibility index (Phi) is 3.99. The molecule has 0 aliphatic heterocycles. The van der Waals surface area contributed by atoms with Crippen molar-refractivity contribution in [1.82, 2.24) is 0 Å². The van der Waals surface area contributed by atoms with Crippen LogP contribution in [0, 0.1) is 0 Å². The molecule has 134 valence electrons. The molecule has 2 heteroatoms. The van der Waals surface area contributed by atoms with Crippen molar-refractivity contribution in [3.63, 3.8) is 0 Å². The highest BCUT2D eigenvalue weighted by Crippen LogP contribution is 2.48. The third-order valence-electron chi connectivity index (χ3n) is 6.25. The zero-order valence-corrected chi connectivity index (χ0v) is 15.7. The summed E-state index contributed by atoms with van der Waals surface area (Å²) in [5.74, 6) is 0.692. The van der Waals surface area contributed by atoms with Crippen LogP contribution in [0.5, 0.6) is 0 Å². The minimum atomic E-state index is -0.314. The van der Waals surface area contributed by atoms with E-state index in [2.05, 4.69) is 36.4 Å². The topological polar surface area (TPSA) is 18.5 Å². The molecule has 0 saturated heterocycles. The lowest BCUT2D eigenvalue weighted by Gasteiger charge is -2.22. The Labute approximate surface area is 155 Å². The molecule has 2 aliphatic carbocycles. The lowest BCUT2D eigenvalue weighted by atomic mass is 9.84. The molecule has 0 bridgehead atoms. The number of hydrogen-bond acceptors (Lipinski definition) is 2. The quantitative estimate of drug-likeness (QED) is 0.423. The summed E-state index contributed by atoms with van der Waals surface area (Å²) in [5, 5.41) is 5.58. The van der Waals surface area contributed by atoms with Gasteiger partial charge >= 0.3 is 0 Å². The SMILES string of the molecule is COC(OC)c1cccc2c1c(C1CC1)cc1c3c(ccc12)CCCC3. The summed E-state index contributed by atoms with van der Waals surface area (Å²) in [6.07, 6.45) is 7.39. The number of methoxy groups -OCH3 is 2. The van der Waals surface area contributed by atoms with Gasteiger partial charge < -0.3 is 9.47 Å². The molecule has 5 rings (SSSR count). The lowest BCUT2D eigenvalue weighted by Crippen LogP contribution is -2.07. The Morgan fingerprint density at radius 1 is 0.885 bits per heavy atom. The number of benzene rings is 3. The van der Waals surface area contributed by atoms with Gasteiger partial charge in [-0.05, 0) is 88.7 Å². The standard InChI is InChI=1S/C24H26O2/c1-25-24(26-2)20-9-5-8-19-18-13-12-15-6-3-4-7-17(15)22(18)14-21(23(19)20)16-10-11-16/h5,8-9,12-14,16,24H,3-4,6-7,10-11H2,1-2H3. The first-order chi connectivity index (χ1) is 12.8. The largest absolute Gasteiger partial charge is 0.352 e. The van der Waals surface area contributed by atoms with Crippen molar-refractivity contribution in [2.45, 2.75) is 50.7 Å². The fourth-order valence-corrected chi connectivity index (χ4v) is 4.86. The van der Waals surface area contributed by atoms with E-state index in [0.29, 0.717) is 5.92 Å². The minimum Gasteiger partial charge on any atom is -0.352 e. The van der Waals surface area contributed by atoms with Crippen molar-refractivity contribution < 1.29 is 9.47 Å². The van der Waals surface area contributed by atoms with Crippen molar-refractivity contribution in [1.29, 1.82) is 0 Å². The molecule has 0 radical (unpaired) electrons. The molecular weight excluding hydrogens is 320 g/mol. The molecule has 0 spiro atoms. The van der Waals surface area contributed by atoms with E-state index in [1.165, 1.54) is 65.6 Å². The molecule has 1 saturated carbocycles. The number of rotatable bonds is 4. The molecule has 0 heterocycles. The summed E-state index contributed by atoms with van der Waals surface area (Å²) in [5.41, 5.74) is 5.82. The van der Waals surface area contributed by atoms with Gasteiger partial charge in [-0.1, -0.05) is 30.3 Å². The predicted molar refractivity (Wildman–Crippen MR) is 107 cm³/mol. The number of aryl methyl sites for hydroxylation is 2. The van der Waals surface area contributed by atoms with Gasteiger partial charge in [-0.25, -0.2) is 0 Å². The third-order valence-corrected chi connectivity index (χ3v) is 6.25. The van der Waals surface area contributed by atoms with Gasteiger partial charge in [0.05, 0.1) is 0 Å². The summed E-state index contributed by atoms with van der Waals surface area (Å²) in [7, 11) is 3.45. The second kappa shape index (κ2) is 6.37. The van der Waals surface area contributed by atoms with E-state index in [1.807, 2.05) is 0 Å². The average Bonchev–Trinajstić information content (AvgIpc) is 3.53. The van der Waals surface area contributed by atoms with Crippen molar-refractivity contribution in [3.05, 3.63) is 58.7 Å². The van der Waals surface area contributed by atoms with Gasteiger partial charge in [-0.2, -0.15) is 0 Å². The summed E-state index contributed by atoms with van der Waals surface area (Å²) < 4.78 is 11.3. The van der Waals surface area contributed by atoms with Crippen molar-refractivity contribution in [2.75, 3.05) is 14.2 Å². The van der Waals surface area contributed by atoms with E-state index in [0.717, 1.165) is 5.56 Å². The van der Waals surface area contributed by atoms with Crippen LogP contribution >= 0.6 is 0 Å². The fourth-order valence-electron chi connectivity index (χ4n) is 4.86.